The van der Waals surface area contributed by atoms with E-state index in [4.69, 9.17) is 5.41 Å². The molecule has 0 saturated heterocycles. The molecule has 0 bridgehead atoms. The second kappa shape index (κ2) is 8.27. The first-order chi connectivity index (χ1) is 14.5. The van der Waals surface area contributed by atoms with E-state index >= 15 is 0 Å². The van der Waals surface area contributed by atoms with Crippen LogP contribution < -0.4 is 5.62 Å². The smallest absolute Gasteiger partial charge is 0.263 e. The van der Waals surface area contributed by atoms with Crippen LogP contribution in [0.4, 0.5) is 8.78 Å². The van der Waals surface area contributed by atoms with Gasteiger partial charge < -0.3 is 4.57 Å². The van der Waals surface area contributed by atoms with Gasteiger partial charge in [-0.2, -0.15) is 0 Å². The summed E-state index contributed by atoms with van der Waals surface area (Å²) in [7, 11) is 0. The summed E-state index contributed by atoms with van der Waals surface area (Å²) in [6.07, 6.45) is -1.90. The average Bonchev–Trinajstić information content (AvgIpc) is 3.01. The second-order valence-corrected chi connectivity index (χ2v) is 7.76. The standard InChI is InChI=1S/C25H25F2N3/c1-17-7-11-19(12-8-17)15-16-29-21-5-3-4-6-22(21)30(25(29)28)23(24(26)27)20-13-9-18(2)10-14-20/h3-14,23-24,28H,15-16H2,1-2H3. The number of aromatic nitrogens is 2. The van der Waals surface area contributed by atoms with Crippen molar-refractivity contribution in [3.63, 3.8) is 0 Å². The fourth-order valence-corrected chi connectivity index (χ4v) is 3.93. The van der Waals surface area contributed by atoms with Crippen LogP contribution in [0.25, 0.3) is 11.0 Å². The van der Waals surface area contributed by atoms with Crippen molar-refractivity contribution in [2.45, 2.75) is 39.3 Å². The number of hydrogen-bond acceptors (Lipinski definition) is 1. The van der Waals surface area contributed by atoms with Crippen molar-refractivity contribution in [1.82, 2.24) is 9.13 Å². The van der Waals surface area contributed by atoms with Gasteiger partial charge in [0.2, 0.25) is 5.62 Å². The third-order valence-corrected chi connectivity index (χ3v) is 5.60. The Morgan fingerprint density at radius 2 is 1.37 bits per heavy atom. The van der Waals surface area contributed by atoms with Crippen molar-refractivity contribution < 1.29 is 8.78 Å². The van der Waals surface area contributed by atoms with E-state index < -0.39 is 12.5 Å². The molecule has 4 aromatic rings. The van der Waals surface area contributed by atoms with Crippen molar-refractivity contribution in [3.8, 4) is 0 Å². The quantitative estimate of drug-likeness (QED) is 0.431. The molecular formula is C25H25F2N3. The summed E-state index contributed by atoms with van der Waals surface area (Å²) in [6.45, 7) is 4.53. The van der Waals surface area contributed by atoms with Gasteiger partial charge >= 0.3 is 0 Å². The van der Waals surface area contributed by atoms with E-state index in [0.717, 1.165) is 23.1 Å². The van der Waals surface area contributed by atoms with Crippen LogP contribution >= 0.6 is 0 Å². The van der Waals surface area contributed by atoms with Crippen LogP contribution in [0.3, 0.4) is 0 Å². The number of para-hydroxylation sites is 2. The molecule has 0 fully saturated rings. The van der Waals surface area contributed by atoms with Crippen LogP contribution in [0.1, 0.15) is 28.3 Å². The van der Waals surface area contributed by atoms with Crippen molar-refractivity contribution in [1.29, 1.82) is 5.41 Å². The van der Waals surface area contributed by atoms with Gasteiger partial charge in [-0.05, 0) is 43.5 Å². The number of nitrogens with zero attached hydrogens (tertiary/aromatic N) is 2. The molecular weight excluding hydrogens is 380 g/mol. The maximum absolute atomic E-state index is 14.3. The maximum atomic E-state index is 14.3. The zero-order valence-corrected chi connectivity index (χ0v) is 17.1. The molecule has 0 aliphatic rings. The predicted molar refractivity (Wildman–Crippen MR) is 116 cm³/mol. The molecule has 0 aliphatic heterocycles. The van der Waals surface area contributed by atoms with Crippen molar-refractivity contribution in [3.05, 3.63) is 101 Å². The van der Waals surface area contributed by atoms with Crippen molar-refractivity contribution >= 4 is 11.0 Å². The van der Waals surface area contributed by atoms with E-state index in [2.05, 4.69) is 24.3 Å². The summed E-state index contributed by atoms with van der Waals surface area (Å²) in [6, 6.07) is 21.7. The average molecular weight is 405 g/mol. The lowest BCUT2D eigenvalue weighted by Crippen LogP contribution is -2.32. The molecule has 5 heteroatoms. The van der Waals surface area contributed by atoms with E-state index in [1.54, 1.807) is 12.1 Å². The third kappa shape index (κ3) is 3.80. The number of fused-ring (bicyclic) bond motifs is 1. The molecule has 0 spiro atoms. The summed E-state index contributed by atoms with van der Waals surface area (Å²) in [5.74, 6) is 0. The summed E-state index contributed by atoms with van der Waals surface area (Å²) >= 11 is 0. The van der Waals surface area contributed by atoms with Gasteiger partial charge in [-0.1, -0.05) is 71.8 Å². The number of nitrogens with one attached hydrogen (secondary N) is 1. The number of halogens is 2. The highest BCUT2D eigenvalue weighted by Gasteiger charge is 2.28. The minimum absolute atomic E-state index is 0.0918. The van der Waals surface area contributed by atoms with Crippen molar-refractivity contribution in [2.75, 3.05) is 0 Å². The third-order valence-electron chi connectivity index (χ3n) is 5.60. The lowest BCUT2D eigenvalue weighted by atomic mass is 10.1. The molecule has 1 heterocycles. The van der Waals surface area contributed by atoms with Crippen LogP contribution in [-0.2, 0) is 13.0 Å². The molecule has 0 amide bonds. The predicted octanol–water partition coefficient (Wildman–Crippen LogP) is 5.64. The minimum Gasteiger partial charge on any atom is -0.310 e. The Kier molecular flexibility index (Phi) is 5.53. The van der Waals surface area contributed by atoms with Crippen LogP contribution in [-0.4, -0.2) is 15.6 Å². The van der Waals surface area contributed by atoms with Gasteiger partial charge in [-0.25, -0.2) is 8.78 Å². The number of aryl methyl sites for hydroxylation is 4. The molecule has 0 aliphatic carbocycles. The van der Waals surface area contributed by atoms with E-state index in [1.165, 1.54) is 10.1 Å². The second-order valence-electron chi connectivity index (χ2n) is 7.76. The van der Waals surface area contributed by atoms with Gasteiger partial charge in [0.25, 0.3) is 6.43 Å². The van der Waals surface area contributed by atoms with Crippen molar-refractivity contribution in [2.24, 2.45) is 0 Å². The number of rotatable bonds is 6. The highest BCUT2D eigenvalue weighted by molar-refractivity contribution is 5.76. The molecule has 1 unspecified atom stereocenters. The molecule has 0 saturated carbocycles. The highest BCUT2D eigenvalue weighted by Crippen LogP contribution is 2.28. The molecule has 4 rings (SSSR count). The summed E-state index contributed by atoms with van der Waals surface area (Å²) in [5, 5.41) is 8.78. The Hall–Kier alpha value is -3.21. The van der Waals surface area contributed by atoms with E-state index in [9.17, 15) is 8.78 Å². The molecule has 1 atom stereocenters. The first-order valence-electron chi connectivity index (χ1n) is 10.1. The molecule has 0 radical (unpaired) electrons. The maximum Gasteiger partial charge on any atom is 0.263 e. The van der Waals surface area contributed by atoms with Gasteiger partial charge in [-0.3, -0.25) is 9.98 Å². The normalized spacial score (nSPS) is 12.6. The minimum atomic E-state index is -2.63. The topological polar surface area (TPSA) is 33.7 Å². The SMILES string of the molecule is Cc1ccc(CCn2c(=N)n(C(c3ccc(C)cc3)C(F)F)c3ccccc32)cc1. The molecule has 30 heavy (non-hydrogen) atoms. The van der Waals surface area contributed by atoms with Gasteiger partial charge in [0.1, 0.15) is 6.04 Å². The number of alkyl halides is 2. The van der Waals surface area contributed by atoms with E-state index in [-0.39, 0.29) is 5.62 Å². The van der Waals surface area contributed by atoms with Crippen LogP contribution in [0, 0.1) is 19.3 Å². The monoisotopic (exact) mass is 405 g/mol. The lowest BCUT2D eigenvalue weighted by molar-refractivity contribution is 0.100. The van der Waals surface area contributed by atoms with E-state index in [0.29, 0.717) is 17.6 Å². The highest BCUT2D eigenvalue weighted by atomic mass is 19.3. The zero-order valence-electron chi connectivity index (χ0n) is 17.1. The van der Waals surface area contributed by atoms with E-state index in [1.807, 2.05) is 54.8 Å². The first-order valence-corrected chi connectivity index (χ1v) is 10.1. The van der Waals surface area contributed by atoms with Crippen LogP contribution in [0.2, 0.25) is 0 Å². The Morgan fingerprint density at radius 3 is 1.97 bits per heavy atom. The first kappa shape index (κ1) is 20.1. The van der Waals surface area contributed by atoms with Gasteiger partial charge in [0.05, 0.1) is 11.0 Å². The molecule has 1 aromatic heterocycles. The molecule has 3 nitrogen and oxygen atoms in total. The molecule has 3 aromatic carbocycles. The Morgan fingerprint density at radius 1 is 0.800 bits per heavy atom. The lowest BCUT2D eigenvalue weighted by Gasteiger charge is -2.19. The molecule has 154 valence electrons. The fourth-order valence-electron chi connectivity index (χ4n) is 3.93. The number of benzene rings is 3. The largest absolute Gasteiger partial charge is 0.310 e. The number of imidazole rings is 1. The van der Waals surface area contributed by atoms with Gasteiger partial charge in [-0.15, -0.1) is 0 Å². The molecule has 1 N–H and O–H groups in total. The Balaban J connectivity index is 1.80. The Labute approximate surface area is 174 Å². The summed E-state index contributed by atoms with van der Waals surface area (Å²) in [5.41, 5.74) is 5.42. The van der Waals surface area contributed by atoms with Gasteiger partial charge in [0, 0.05) is 6.54 Å². The fraction of sp³-hybridized carbons (Fsp3) is 0.240. The van der Waals surface area contributed by atoms with Gasteiger partial charge in [0.15, 0.2) is 0 Å². The van der Waals surface area contributed by atoms with Crippen LogP contribution in [0.5, 0.6) is 0 Å². The summed E-state index contributed by atoms with van der Waals surface area (Å²) in [4.78, 5) is 0. The number of hydrogen-bond donors (Lipinski definition) is 1. The Bertz CT molecular complexity index is 1200. The zero-order chi connectivity index (χ0) is 21.3. The summed E-state index contributed by atoms with van der Waals surface area (Å²) < 4.78 is 31.8. The van der Waals surface area contributed by atoms with Crippen LogP contribution in [0.15, 0.2) is 72.8 Å².